The van der Waals surface area contributed by atoms with Gasteiger partial charge in [-0.3, -0.25) is 14.4 Å². The monoisotopic (exact) mass is 720 g/mol. The van der Waals surface area contributed by atoms with Crippen LogP contribution in [0.25, 0.3) is 5.69 Å². The maximum atomic E-state index is 14.4. The molecule has 0 bridgehead atoms. The summed E-state index contributed by atoms with van der Waals surface area (Å²) in [4.78, 5) is 49.1. The lowest BCUT2D eigenvalue weighted by molar-refractivity contribution is -0.141. The summed E-state index contributed by atoms with van der Waals surface area (Å²) in [5.41, 5.74) is 1.52. The Morgan fingerprint density at radius 2 is 1.56 bits per heavy atom. The SMILES string of the molecule is CN[C@@H](C)C(=O)N[C@H](C(=O)N1C[C@@H](Oc2ccc(F)cc2)C[C@H]1CN(CCc1ccc(F)cc1)C(=O)c1cn(-c2ccc(F)cc2)cn1)[C@@H](C)OC. The summed E-state index contributed by atoms with van der Waals surface area (Å²) >= 11 is 0. The molecular formula is C38H43F3N6O5. The van der Waals surface area contributed by atoms with E-state index in [1.54, 1.807) is 65.7 Å². The molecule has 0 radical (unpaired) electrons. The van der Waals surface area contributed by atoms with Crippen LogP contribution in [0.2, 0.25) is 0 Å². The highest BCUT2D eigenvalue weighted by Gasteiger charge is 2.42. The van der Waals surface area contributed by atoms with Crippen LogP contribution >= 0.6 is 0 Å². The number of nitrogens with zero attached hydrogens (tertiary/aromatic N) is 4. The number of benzene rings is 3. The molecule has 5 rings (SSSR count). The van der Waals surface area contributed by atoms with Crippen molar-refractivity contribution in [2.24, 2.45) is 0 Å². The third-order valence-electron chi connectivity index (χ3n) is 9.24. The molecule has 0 spiro atoms. The van der Waals surface area contributed by atoms with Gasteiger partial charge in [-0.05, 0) is 93.5 Å². The number of rotatable bonds is 15. The Hall–Kier alpha value is -5.21. The number of amides is 3. The summed E-state index contributed by atoms with van der Waals surface area (Å²) in [6.07, 6.45) is 2.46. The predicted octanol–water partition coefficient (Wildman–Crippen LogP) is 4.15. The number of hydrogen-bond donors (Lipinski definition) is 2. The topological polar surface area (TPSA) is 118 Å². The van der Waals surface area contributed by atoms with Crippen LogP contribution in [0.15, 0.2) is 85.3 Å². The predicted molar refractivity (Wildman–Crippen MR) is 187 cm³/mol. The first-order valence-electron chi connectivity index (χ1n) is 17.0. The van der Waals surface area contributed by atoms with E-state index < -0.39 is 59.7 Å². The van der Waals surface area contributed by atoms with Crippen LogP contribution in [0.4, 0.5) is 13.2 Å². The number of ether oxygens (including phenoxy) is 2. The highest BCUT2D eigenvalue weighted by Crippen LogP contribution is 2.26. The quantitative estimate of drug-likeness (QED) is 0.190. The third-order valence-corrected chi connectivity index (χ3v) is 9.24. The number of likely N-dealkylation sites (tertiary alicyclic amines) is 1. The summed E-state index contributed by atoms with van der Waals surface area (Å²) in [5.74, 6) is -2.04. The lowest BCUT2D eigenvalue weighted by Gasteiger charge is -2.34. The number of halogens is 3. The van der Waals surface area contributed by atoms with Gasteiger partial charge in [0.25, 0.3) is 5.91 Å². The van der Waals surface area contributed by atoms with Crippen LogP contribution in [-0.4, -0.2) is 101 Å². The molecule has 4 aromatic rings. The van der Waals surface area contributed by atoms with Gasteiger partial charge in [0, 0.05) is 38.5 Å². The first-order valence-corrected chi connectivity index (χ1v) is 17.0. The van der Waals surface area contributed by atoms with E-state index in [1.165, 1.54) is 62.0 Å². The second-order valence-electron chi connectivity index (χ2n) is 12.8. The van der Waals surface area contributed by atoms with Gasteiger partial charge < -0.3 is 34.5 Å². The molecule has 3 amide bonds. The van der Waals surface area contributed by atoms with Gasteiger partial charge in [0.1, 0.15) is 47.4 Å². The number of methoxy groups -OCH3 is 1. The van der Waals surface area contributed by atoms with Crippen LogP contribution in [-0.2, 0) is 20.7 Å². The van der Waals surface area contributed by atoms with Crippen molar-refractivity contribution in [2.45, 2.75) is 57.0 Å². The standard InChI is InChI=1S/C38H43F3N6O5/c1-24(42-3)36(48)44-35(25(2)51-4)38(50)47-21-33(52-32-15-11-29(41)12-16-32)19-31(47)20-45(18-17-26-5-7-27(39)8-6-26)37(49)34-22-46(23-43-34)30-13-9-28(40)10-14-30/h5-16,22-25,31,33,35,42H,17-21H2,1-4H3,(H,44,48)/t24-,25+,31-,33-,35-/m0/s1. The van der Waals surface area contributed by atoms with E-state index in [4.69, 9.17) is 9.47 Å². The molecule has 276 valence electrons. The zero-order valence-electron chi connectivity index (χ0n) is 29.5. The van der Waals surface area contributed by atoms with E-state index >= 15 is 0 Å². The first-order chi connectivity index (χ1) is 24.9. The molecule has 1 aromatic heterocycles. The zero-order valence-corrected chi connectivity index (χ0v) is 29.5. The molecule has 52 heavy (non-hydrogen) atoms. The number of carbonyl (C=O) groups excluding carboxylic acids is 3. The fourth-order valence-corrected chi connectivity index (χ4v) is 6.01. The van der Waals surface area contributed by atoms with Crippen molar-refractivity contribution in [1.29, 1.82) is 0 Å². The largest absolute Gasteiger partial charge is 0.489 e. The van der Waals surface area contributed by atoms with Gasteiger partial charge in [0.05, 0.1) is 24.7 Å². The lowest BCUT2D eigenvalue weighted by atomic mass is 10.1. The summed E-state index contributed by atoms with van der Waals surface area (Å²) in [6.45, 7) is 3.73. The maximum absolute atomic E-state index is 14.4. The summed E-state index contributed by atoms with van der Waals surface area (Å²) in [7, 11) is 3.08. The Bertz CT molecular complexity index is 1810. The zero-order chi connectivity index (χ0) is 37.4. The van der Waals surface area contributed by atoms with Crippen molar-refractivity contribution in [1.82, 2.24) is 30.0 Å². The average molecular weight is 721 g/mol. The van der Waals surface area contributed by atoms with Crippen molar-refractivity contribution >= 4 is 17.7 Å². The van der Waals surface area contributed by atoms with E-state index in [1.807, 2.05) is 0 Å². The molecule has 0 aliphatic carbocycles. The van der Waals surface area contributed by atoms with Crippen molar-refractivity contribution < 1.29 is 37.0 Å². The third kappa shape index (κ3) is 9.56. The number of imidazole rings is 1. The minimum atomic E-state index is -1.06. The molecule has 14 heteroatoms. The van der Waals surface area contributed by atoms with Gasteiger partial charge in [-0.1, -0.05) is 12.1 Å². The van der Waals surface area contributed by atoms with Crippen LogP contribution in [0.1, 0.15) is 36.3 Å². The maximum Gasteiger partial charge on any atom is 0.274 e. The van der Waals surface area contributed by atoms with Gasteiger partial charge in [-0.15, -0.1) is 0 Å². The van der Waals surface area contributed by atoms with Crippen LogP contribution in [0.5, 0.6) is 5.75 Å². The molecule has 1 aliphatic heterocycles. The number of aromatic nitrogens is 2. The number of likely N-dealkylation sites (N-methyl/N-ethyl adjacent to an activating group) is 1. The molecule has 0 unspecified atom stereocenters. The fraction of sp³-hybridized carbons (Fsp3) is 0.368. The second-order valence-corrected chi connectivity index (χ2v) is 12.8. The Kier molecular flexibility index (Phi) is 12.7. The minimum Gasteiger partial charge on any atom is -0.489 e. The van der Waals surface area contributed by atoms with Crippen LogP contribution < -0.4 is 15.4 Å². The van der Waals surface area contributed by atoms with E-state index in [-0.39, 0.29) is 31.1 Å². The number of carbonyl (C=O) groups is 3. The van der Waals surface area contributed by atoms with E-state index in [2.05, 4.69) is 15.6 Å². The molecule has 1 fully saturated rings. The average Bonchev–Trinajstić information content (AvgIpc) is 3.80. The first kappa shape index (κ1) is 38.0. The lowest BCUT2D eigenvalue weighted by Crippen LogP contribution is -2.58. The van der Waals surface area contributed by atoms with Gasteiger partial charge in [0.2, 0.25) is 11.8 Å². The molecule has 5 atom stereocenters. The Morgan fingerprint density at radius 3 is 2.17 bits per heavy atom. The van der Waals surface area contributed by atoms with Gasteiger partial charge in [-0.25, -0.2) is 18.2 Å². The summed E-state index contributed by atoms with van der Waals surface area (Å²) in [5, 5.41) is 5.68. The van der Waals surface area contributed by atoms with E-state index in [9.17, 15) is 27.6 Å². The molecule has 0 saturated carbocycles. The van der Waals surface area contributed by atoms with E-state index in [0.717, 1.165) is 5.56 Å². The number of nitrogens with one attached hydrogen (secondary N) is 2. The summed E-state index contributed by atoms with van der Waals surface area (Å²) in [6, 6.07) is 15.1. The van der Waals surface area contributed by atoms with Crippen LogP contribution in [0.3, 0.4) is 0 Å². The van der Waals surface area contributed by atoms with Gasteiger partial charge >= 0.3 is 0 Å². The molecule has 11 nitrogen and oxygen atoms in total. The van der Waals surface area contributed by atoms with Crippen molar-refractivity contribution in [3.05, 3.63) is 114 Å². The molecule has 1 aliphatic rings. The highest BCUT2D eigenvalue weighted by molar-refractivity contribution is 5.93. The van der Waals surface area contributed by atoms with Crippen molar-refractivity contribution in [3.8, 4) is 11.4 Å². The molecule has 1 saturated heterocycles. The molecule has 2 N–H and O–H groups in total. The Labute approximate surface area is 300 Å². The molecule has 2 heterocycles. The highest BCUT2D eigenvalue weighted by atomic mass is 19.1. The van der Waals surface area contributed by atoms with E-state index in [0.29, 0.717) is 24.3 Å². The molecule has 3 aromatic carbocycles. The minimum absolute atomic E-state index is 0.0629. The Morgan fingerprint density at radius 1 is 0.942 bits per heavy atom. The van der Waals surface area contributed by atoms with Crippen molar-refractivity contribution in [2.75, 3.05) is 33.8 Å². The van der Waals surface area contributed by atoms with Gasteiger partial charge in [0.15, 0.2) is 0 Å². The normalized spacial score (nSPS) is 17.3. The summed E-state index contributed by atoms with van der Waals surface area (Å²) < 4.78 is 54.3. The van der Waals surface area contributed by atoms with Crippen LogP contribution in [0, 0.1) is 17.5 Å². The second kappa shape index (κ2) is 17.3. The smallest absolute Gasteiger partial charge is 0.274 e. The molecular weight excluding hydrogens is 677 g/mol. The fourth-order valence-electron chi connectivity index (χ4n) is 6.01. The van der Waals surface area contributed by atoms with Gasteiger partial charge in [-0.2, -0.15) is 0 Å². The Balaban J connectivity index is 1.45. The number of hydrogen-bond acceptors (Lipinski definition) is 7. The van der Waals surface area contributed by atoms with Crippen molar-refractivity contribution in [3.63, 3.8) is 0 Å².